The zero-order valence-corrected chi connectivity index (χ0v) is 16.3. The highest BCUT2D eigenvalue weighted by Crippen LogP contribution is 2.19. The molecule has 0 bridgehead atoms. The van der Waals surface area contributed by atoms with E-state index in [1.165, 1.54) is 6.26 Å². The van der Waals surface area contributed by atoms with Crippen molar-refractivity contribution in [1.29, 1.82) is 0 Å². The predicted molar refractivity (Wildman–Crippen MR) is 108 cm³/mol. The molecule has 2 heterocycles. The Labute approximate surface area is 165 Å². The van der Waals surface area contributed by atoms with E-state index in [0.29, 0.717) is 11.3 Å². The number of carbonyl (C=O) groups excluding carboxylic acids is 2. The van der Waals surface area contributed by atoms with Crippen molar-refractivity contribution in [3.05, 3.63) is 54.0 Å². The minimum atomic E-state index is -0.330. The Balaban J connectivity index is 0.00000261. The Morgan fingerprint density at radius 3 is 2.67 bits per heavy atom. The van der Waals surface area contributed by atoms with Crippen LogP contribution in [-0.2, 0) is 0 Å². The average Bonchev–Trinajstić information content (AvgIpc) is 3.21. The molecule has 146 valence electrons. The van der Waals surface area contributed by atoms with Gasteiger partial charge in [0.15, 0.2) is 5.76 Å². The SMILES string of the molecule is CCCN(C(=O)c1cccc(NC(=O)c2ccco2)c1)C1CCNCC1.Cl. The van der Waals surface area contributed by atoms with Crippen LogP contribution < -0.4 is 10.6 Å². The molecule has 2 aromatic rings. The highest BCUT2D eigenvalue weighted by atomic mass is 35.5. The number of benzene rings is 1. The third-order valence-electron chi connectivity index (χ3n) is 4.59. The first-order valence-electron chi connectivity index (χ1n) is 9.15. The molecule has 0 spiro atoms. The maximum absolute atomic E-state index is 13.1. The fraction of sp³-hybridized carbons (Fsp3) is 0.400. The summed E-state index contributed by atoms with van der Waals surface area (Å²) in [5.74, 6) is -0.0692. The van der Waals surface area contributed by atoms with E-state index in [0.717, 1.165) is 38.9 Å². The molecule has 1 aliphatic heterocycles. The second-order valence-electron chi connectivity index (χ2n) is 6.49. The van der Waals surface area contributed by atoms with Crippen molar-refractivity contribution in [3.63, 3.8) is 0 Å². The smallest absolute Gasteiger partial charge is 0.291 e. The molecule has 2 amide bonds. The molecule has 0 atom stereocenters. The van der Waals surface area contributed by atoms with Crippen LogP contribution in [0.1, 0.15) is 47.1 Å². The van der Waals surface area contributed by atoms with Crippen molar-refractivity contribution in [2.24, 2.45) is 0 Å². The van der Waals surface area contributed by atoms with Gasteiger partial charge in [-0.3, -0.25) is 9.59 Å². The number of hydrogen-bond donors (Lipinski definition) is 2. The van der Waals surface area contributed by atoms with Crippen LogP contribution in [-0.4, -0.2) is 42.4 Å². The molecule has 1 fully saturated rings. The van der Waals surface area contributed by atoms with Crippen LogP contribution in [0.2, 0.25) is 0 Å². The minimum absolute atomic E-state index is 0. The first-order valence-corrected chi connectivity index (χ1v) is 9.15. The second-order valence-corrected chi connectivity index (χ2v) is 6.49. The largest absolute Gasteiger partial charge is 0.459 e. The standard InChI is InChI=1S/C20H25N3O3.ClH/c1-2-12-23(17-8-10-21-11-9-17)20(25)15-5-3-6-16(14-15)22-19(24)18-7-4-13-26-18;/h3-7,13-14,17,21H,2,8-12H2,1H3,(H,22,24);1H. The molecule has 0 radical (unpaired) electrons. The Morgan fingerprint density at radius 1 is 1.22 bits per heavy atom. The summed E-state index contributed by atoms with van der Waals surface area (Å²) in [4.78, 5) is 27.2. The maximum atomic E-state index is 13.1. The number of amides is 2. The molecular formula is C20H26ClN3O3. The van der Waals surface area contributed by atoms with E-state index in [9.17, 15) is 9.59 Å². The van der Waals surface area contributed by atoms with Crippen LogP contribution in [0.25, 0.3) is 0 Å². The first kappa shape index (κ1) is 21.0. The molecule has 6 nitrogen and oxygen atoms in total. The van der Waals surface area contributed by atoms with E-state index >= 15 is 0 Å². The molecule has 1 aromatic heterocycles. The van der Waals surface area contributed by atoms with Crippen LogP contribution in [0.4, 0.5) is 5.69 Å². The number of nitrogens with one attached hydrogen (secondary N) is 2. The summed E-state index contributed by atoms with van der Waals surface area (Å²) < 4.78 is 5.10. The van der Waals surface area contributed by atoms with Crippen molar-refractivity contribution in [1.82, 2.24) is 10.2 Å². The lowest BCUT2D eigenvalue weighted by molar-refractivity contribution is 0.0642. The lowest BCUT2D eigenvalue weighted by atomic mass is 10.0. The number of halogens is 1. The molecule has 1 aliphatic rings. The summed E-state index contributed by atoms with van der Waals surface area (Å²) in [6, 6.07) is 10.6. The number of piperidine rings is 1. The van der Waals surface area contributed by atoms with Gasteiger partial charge < -0.3 is 20.0 Å². The van der Waals surface area contributed by atoms with Crippen molar-refractivity contribution >= 4 is 29.9 Å². The third-order valence-corrected chi connectivity index (χ3v) is 4.59. The topological polar surface area (TPSA) is 74.6 Å². The van der Waals surface area contributed by atoms with Gasteiger partial charge in [-0.05, 0) is 62.7 Å². The number of furan rings is 1. The van der Waals surface area contributed by atoms with Gasteiger partial charge in [-0.15, -0.1) is 12.4 Å². The number of carbonyl (C=O) groups is 2. The summed E-state index contributed by atoms with van der Waals surface area (Å²) in [5.41, 5.74) is 1.17. The summed E-state index contributed by atoms with van der Waals surface area (Å²) in [7, 11) is 0. The molecule has 2 N–H and O–H groups in total. The number of rotatable bonds is 6. The highest BCUT2D eigenvalue weighted by Gasteiger charge is 2.25. The van der Waals surface area contributed by atoms with E-state index in [-0.39, 0.29) is 36.0 Å². The van der Waals surface area contributed by atoms with E-state index in [1.54, 1.807) is 36.4 Å². The monoisotopic (exact) mass is 391 g/mol. The summed E-state index contributed by atoms with van der Waals surface area (Å²) in [6.45, 7) is 4.71. The van der Waals surface area contributed by atoms with Crippen molar-refractivity contribution in [2.45, 2.75) is 32.2 Å². The van der Waals surface area contributed by atoms with E-state index < -0.39 is 0 Å². The number of hydrogen-bond acceptors (Lipinski definition) is 4. The lowest BCUT2D eigenvalue weighted by Gasteiger charge is -2.34. The van der Waals surface area contributed by atoms with Gasteiger partial charge in [-0.25, -0.2) is 0 Å². The Kier molecular flexibility index (Phi) is 7.88. The molecule has 0 unspecified atom stereocenters. The van der Waals surface area contributed by atoms with Gasteiger partial charge in [0.2, 0.25) is 0 Å². The summed E-state index contributed by atoms with van der Waals surface area (Å²) in [5, 5.41) is 6.12. The van der Waals surface area contributed by atoms with Crippen LogP contribution in [0.3, 0.4) is 0 Å². The van der Waals surface area contributed by atoms with Crippen molar-refractivity contribution in [3.8, 4) is 0 Å². The summed E-state index contributed by atoms with van der Waals surface area (Å²) in [6.07, 6.45) is 4.32. The van der Waals surface area contributed by atoms with Crippen LogP contribution in [0.5, 0.6) is 0 Å². The van der Waals surface area contributed by atoms with E-state index in [4.69, 9.17) is 4.42 Å². The predicted octanol–water partition coefficient (Wildman–Crippen LogP) is 3.56. The van der Waals surface area contributed by atoms with Gasteiger partial charge in [-0.1, -0.05) is 13.0 Å². The molecule has 7 heteroatoms. The molecule has 3 rings (SSSR count). The third kappa shape index (κ3) is 5.34. The van der Waals surface area contributed by atoms with E-state index in [2.05, 4.69) is 17.6 Å². The second kappa shape index (κ2) is 10.1. The van der Waals surface area contributed by atoms with Gasteiger partial charge in [-0.2, -0.15) is 0 Å². The van der Waals surface area contributed by atoms with Crippen molar-refractivity contribution < 1.29 is 14.0 Å². The van der Waals surface area contributed by atoms with E-state index in [1.807, 2.05) is 4.90 Å². The van der Waals surface area contributed by atoms with Gasteiger partial charge in [0.05, 0.1) is 6.26 Å². The molecule has 1 saturated heterocycles. The molecule has 0 aliphatic carbocycles. The molecule has 27 heavy (non-hydrogen) atoms. The zero-order chi connectivity index (χ0) is 18.4. The molecule has 1 aromatic carbocycles. The fourth-order valence-corrected chi connectivity index (χ4v) is 3.31. The molecular weight excluding hydrogens is 366 g/mol. The Morgan fingerprint density at radius 2 is 2.00 bits per heavy atom. The molecule has 0 saturated carbocycles. The van der Waals surface area contributed by atoms with Gasteiger partial charge in [0.25, 0.3) is 11.8 Å². The Bertz CT molecular complexity index is 743. The summed E-state index contributed by atoms with van der Waals surface area (Å²) >= 11 is 0. The van der Waals surface area contributed by atoms with Crippen LogP contribution in [0, 0.1) is 0 Å². The lowest BCUT2D eigenvalue weighted by Crippen LogP contribution is -2.46. The number of anilines is 1. The average molecular weight is 392 g/mol. The fourth-order valence-electron chi connectivity index (χ4n) is 3.31. The quantitative estimate of drug-likeness (QED) is 0.789. The zero-order valence-electron chi connectivity index (χ0n) is 15.4. The van der Waals surface area contributed by atoms with Crippen LogP contribution >= 0.6 is 12.4 Å². The first-order chi connectivity index (χ1) is 12.7. The van der Waals surface area contributed by atoms with Gasteiger partial charge in [0.1, 0.15) is 0 Å². The van der Waals surface area contributed by atoms with Crippen molar-refractivity contribution in [2.75, 3.05) is 25.0 Å². The normalized spacial score (nSPS) is 14.3. The van der Waals surface area contributed by atoms with Crippen LogP contribution in [0.15, 0.2) is 47.1 Å². The minimum Gasteiger partial charge on any atom is -0.459 e. The number of nitrogens with zero attached hydrogens (tertiary/aromatic N) is 1. The Hall–Kier alpha value is -2.31. The highest BCUT2D eigenvalue weighted by molar-refractivity contribution is 6.03. The van der Waals surface area contributed by atoms with Gasteiger partial charge in [0, 0.05) is 23.8 Å². The van der Waals surface area contributed by atoms with Gasteiger partial charge >= 0.3 is 0 Å². The maximum Gasteiger partial charge on any atom is 0.291 e.